The van der Waals surface area contributed by atoms with Crippen molar-refractivity contribution in [3.63, 3.8) is 0 Å². The van der Waals surface area contributed by atoms with Gasteiger partial charge in [-0.2, -0.15) is 0 Å². The molecule has 0 spiro atoms. The van der Waals surface area contributed by atoms with Gasteiger partial charge in [0.25, 0.3) is 0 Å². The molecule has 0 aliphatic heterocycles. The monoisotopic (exact) mass is 200 g/mol. The van der Waals surface area contributed by atoms with Crippen molar-refractivity contribution in [2.75, 3.05) is 0 Å². The lowest BCUT2D eigenvalue weighted by Gasteiger charge is -2.16. The van der Waals surface area contributed by atoms with Crippen LogP contribution in [0, 0.1) is 6.92 Å². The van der Waals surface area contributed by atoms with Crippen LogP contribution in [0.25, 0.3) is 0 Å². The summed E-state index contributed by atoms with van der Waals surface area (Å²) >= 11 is 5.68. The minimum absolute atomic E-state index is 0.304. The number of nitrogens with zero attached hydrogens (tertiary/aromatic N) is 1. The second-order valence-corrected chi connectivity index (χ2v) is 3.50. The van der Waals surface area contributed by atoms with Crippen molar-refractivity contribution in [1.82, 2.24) is 4.98 Å². The summed E-state index contributed by atoms with van der Waals surface area (Å²) < 4.78 is 0. The van der Waals surface area contributed by atoms with E-state index in [1.165, 1.54) is 0 Å². The van der Waals surface area contributed by atoms with Gasteiger partial charge in [-0.1, -0.05) is 17.7 Å². The predicted octanol–water partition coefficient (Wildman–Crippen LogP) is 1.42. The molecule has 13 heavy (non-hydrogen) atoms. The smallest absolute Gasteiger partial charge is 0.129 e. The molecule has 1 aromatic rings. The molecule has 0 aliphatic rings. The lowest BCUT2D eigenvalue weighted by molar-refractivity contribution is 0.152. The lowest BCUT2D eigenvalue weighted by atomic mass is 10.0. The van der Waals surface area contributed by atoms with Crippen molar-refractivity contribution < 1.29 is 5.11 Å². The molecule has 0 amide bonds. The molecule has 3 N–H and O–H groups in total. The maximum Gasteiger partial charge on any atom is 0.129 e. The van der Waals surface area contributed by atoms with E-state index >= 15 is 0 Å². The van der Waals surface area contributed by atoms with Gasteiger partial charge in [0.15, 0.2) is 0 Å². The van der Waals surface area contributed by atoms with Crippen LogP contribution in [0.15, 0.2) is 12.1 Å². The maximum atomic E-state index is 9.66. The highest BCUT2D eigenvalue weighted by molar-refractivity contribution is 6.29. The van der Waals surface area contributed by atoms with E-state index in [1.54, 1.807) is 26.0 Å². The van der Waals surface area contributed by atoms with Crippen LogP contribution in [0.1, 0.15) is 24.3 Å². The van der Waals surface area contributed by atoms with E-state index in [9.17, 15) is 5.11 Å². The van der Waals surface area contributed by atoms with Gasteiger partial charge in [0, 0.05) is 17.3 Å². The first-order valence-corrected chi connectivity index (χ1v) is 4.47. The minimum atomic E-state index is -0.676. The summed E-state index contributed by atoms with van der Waals surface area (Å²) in [7, 11) is 0. The zero-order valence-electron chi connectivity index (χ0n) is 7.66. The van der Waals surface area contributed by atoms with Crippen molar-refractivity contribution in [3.05, 3.63) is 28.5 Å². The van der Waals surface area contributed by atoms with Crippen LogP contribution < -0.4 is 5.73 Å². The van der Waals surface area contributed by atoms with Gasteiger partial charge < -0.3 is 10.8 Å². The summed E-state index contributed by atoms with van der Waals surface area (Å²) in [5, 5.41) is 10.1. The van der Waals surface area contributed by atoms with Gasteiger partial charge in [-0.3, -0.25) is 0 Å². The highest BCUT2D eigenvalue weighted by atomic mass is 35.5. The maximum absolute atomic E-state index is 9.66. The Kier molecular flexibility index (Phi) is 3.25. The summed E-state index contributed by atoms with van der Waals surface area (Å²) in [4.78, 5) is 4.03. The van der Waals surface area contributed by atoms with Gasteiger partial charge >= 0.3 is 0 Å². The zero-order valence-corrected chi connectivity index (χ0v) is 8.42. The number of aryl methyl sites for hydroxylation is 1. The number of nitrogens with two attached hydrogens (primary N) is 1. The van der Waals surface area contributed by atoms with Crippen molar-refractivity contribution in [3.8, 4) is 0 Å². The molecule has 0 aliphatic carbocycles. The third-order valence-electron chi connectivity index (χ3n) is 1.91. The van der Waals surface area contributed by atoms with Gasteiger partial charge in [-0.25, -0.2) is 4.98 Å². The first kappa shape index (κ1) is 10.4. The van der Waals surface area contributed by atoms with Crippen molar-refractivity contribution >= 4 is 11.6 Å². The molecule has 4 heteroatoms. The molecule has 1 rings (SSSR count). The first-order chi connectivity index (χ1) is 6.02. The van der Waals surface area contributed by atoms with Crippen LogP contribution in [0.3, 0.4) is 0 Å². The van der Waals surface area contributed by atoms with Gasteiger partial charge in [0.05, 0.1) is 6.10 Å². The Labute approximate surface area is 82.5 Å². The number of rotatable bonds is 2. The Bertz CT molecular complexity index is 302. The fourth-order valence-corrected chi connectivity index (χ4v) is 1.33. The summed E-state index contributed by atoms with van der Waals surface area (Å²) in [6.07, 6.45) is -0.676. The van der Waals surface area contributed by atoms with E-state index in [-0.39, 0.29) is 6.04 Å². The molecule has 0 unspecified atom stereocenters. The van der Waals surface area contributed by atoms with E-state index in [1.807, 2.05) is 0 Å². The molecule has 0 fully saturated rings. The summed E-state index contributed by atoms with van der Waals surface area (Å²) in [5.41, 5.74) is 7.02. The normalized spacial score (nSPS) is 15.5. The number of hydrogen-bond acceptors (Lipinski definition) is 3. The molecule has 0 bridgehead atoms. The number of pyridine rings is 1. The first-order valence-electron chi connectivity index (χ1n) is 4.09. The van der Waals surface area contributed by atoms with E-state index in [4.69, 9.17) is 17.3 Å². The quantitative estimate of drug-likeness (QED) is 0.710. The molecule has 72 valence electrons. The van der Waals surface area contributed by atoms with E-state index in [0.29, 0.717) is 5.15 Å². The molecule has 0 saturated carbocycles. The van der Waals surface area contributed by atoms with E-state index in [0.717, 1.165) is 11.3 Å². The average molecular weight is 201 g/mol. The molecule has 0 saturated heterocycles. The summed E-state index contributed by atoms with van der Waals surface area (Å²) in [6.45, 7) is 3.55. The van der Waals surface area contributed by atoms with Gasteiger partial charge in [-0.05, 0) is 19.9 Å². The summed E-state index contributed by atoms with van der Waals surface area (Å²) in [6, 6.07) is 3.09. The Morgan fingerprint density at radius 2 is 2.15 bits per heavy atom. The van der Waals surface area contributed by atoms with Gasteiger partial charge in [-0.15, -0.1) is 0 Å². The van der Waals surface area contributed by atoms with Gasteiger partial charge in [0.2, 0.25) is 0 Å². The number of halogens is 1. The molecule has 0 radical (unpaired) electrons. The van der Waals surface area contributed by atoms with Crippen LogP contribution >= 0.6 is 11.6 Å². The lowest BCUT2D eigenvalue weighted by Crippen LogP contribution is -2.25. The number of aliphatic hydroxyl groups is 1. The second-order valence-electron chi connectivity index (χ2n) is 3.11. The van der Waals surface area contributed by atoms with Gasteiger partial charge in [0.1, 0.15) is 5.15 Å². The van der Waals surface area contributed by atoms with Crippen LogP contribution in [-0.4, -0.2) is 16.1 Å². The SMILES string of the molecule is Cc1nc(Cl)ccc1[C@H](O)[C@@H](C)N. The van der Waals surface area contributed by atoms with Crippen LogP contribution in [0.5, 0.6) is 0 Å². The average Bonchev–Trinajstić information content (AvgIpc) is 2.03. The van der Waals surface area contributed by atoms with Crippen molar-refractivity contribution in [2.24, 2.45) is 5.73 Å². The highest BCUT2D eigenvalue weighted by Gasteiger charge is 2.15. The third-order valence-corrected chi connectivity index (χ3v) is 2.12. The fraction of sp³-hybridized carbons (Fsp3) is 0.444. The third kappa shape index (κ3) is 2.40. The Morgan fingerprint density at radius 3 is 2.62 bits per heavy atom. The van der Waals surface area contributed by atoms with E-state index < -0.39 is 6.10 Å². The molecule has 1 aromatic heterocycles. The molecule has 1 heterocycles. The van der Waals surface area contributed by atoms with Crippen molar-refractivity contribution in [2.45, 2.75) is 26.0 Å². The largest absolute Gasteiger partial charge is 0.387 e. The second kappa shape index (κ2) is 4.05. The van der Waals surface area contributed by atoms with Crippen LogP contribution in [-0.2, 0) is 0 Å². The molecule has 0 aromatic carbocycles. The Hall–Kier alpha value is -0.640. The predicted molar refractivity (Wildman–Crippen MR) is 52.6 cm³/mol. The number of aliphatic hydroxyl groups excluding tert-OH is 1. The topological polar surface area (TPSA) is 59.1 Å². The number of hydrogen-bond donors (Lipinski definition) is 2. The Balaban J connectivity index is 3.01. The Morgan fingerprint density at radius 1 is 1.54 bits per heavy atom. The van der Waals surface area contributed by atoms with Crippen LogP contribution in [0.4, 0.5) is 0 Å². The summed E-state index contributed by atoms with van der Waals surface area (Å²) in [5.74, 6) is 0. The van der Waals surface area contributed by atoms with E-state index in [2.05, 4.69) is 4.98 Å². The number of aromatic nitrogens is 1. The molecule has 2 atom stereocenters. The van der Waals surface area contributed by atoms with Crippen molar-refractivity contribution in [1.29, 1.82) is 0 Å². The fourth-order valence-electron chi connectivity index (χ4n) is 1.14. The molecule has 3 nitrogen and oxygen atoms in total. The molecular formula is C9H13ClN2O. The zero-order chi connectivity index (χ0) is 10.0. The minimum Gasteiger partial charge on any atom is -0.387 e. The molecular weight excluding hydrogens is 188 g/mol. The highest BCUT2D eigenvalue weighted by Crippen LogP contribution is 2.20. The standard InChI is InChI=1S/C9H13ClN2O/c1-5(11)9(13)7-3-4-8(10)12-6(7)2/h3-5,9,13H,11H2,1-2H3/t5-,9-/m1/s1. The van der Waals surface area contributed by atoms with Crippen LogP contribution in [0.2, 0.25) is 5.15 Å².